The quantitative estimate of drug-likeness (QED) is 0.607. The van der Waals surface area contributed by atoms with Crippen LogP contribution in [0.1, 0.15) is 25.0 Å². The Morgan fingerprint density at radius 1 is 1.12 bits per heavy atom. The van der Waals surface area contributed by atoms with Crippen molar-refractivity contribution < 1.29 is 17.9 Å². The van der Waals surface area contributed by atoms with Gasteiger partial charge in [-0.3, -0.25) is 4.79 Å². The molecule has 1 fully saturated rings. The van der Waals surface area contributed by atoms with Gasteiger partial charge in [0.05, 0.1) is 9.92 Å². The van der Waals surface area contributed by atoms with E-state index in [2.05, 4.69) is 41.7 Å². The summed E-state index contributed by atoms with van der Waals surface area (Å²) in [5, 5.41) is 0.148. The molecule has 9 heteroatoms. The third kappa shape index (κ3) is 6.40. The van der Waals surface area contributed by atoms with Gasteiger partial charge in [-0.15, -0.1) is 0 Å². The van der Waals surface area contributed by atoms with Crippen molar-refractivity contribution >= 4 is 33.2 Å². The molecule has 0 spiro atoms. The molecule has 1 saturated heterocycles. The molecule has 3 rings (SSSR count). The number of carbonyl (C=O) groups is 1. The van der Waals surface area contributed by atoms with Gasteiger partial charge in [0, 0.05) is 38.4 Å². The Balaban J connectivity index is 1.54. The van der Waals surface area contributed by atoms with Gasteiger partial charge >= 0.3 is 0 Å². The van der Waals surface area contributed by atoms with Crippen molar-refractivity contribution in [2.75, 3.05) is 44.2 Å². The third-order valence-corrected chi connectivity index (χ3v) is 7.51. The summed E-state index contributed by atoms with van der Waals surface area (Å²) >= 11 is 6.23. The van der Waals surface area contributed by atoms with Crippen LogP contribution in [-0.2, 0) is 14.8 Å². The lowest BCUT2D eigenvalue weighted by Gasteiger charge is -2.37. The summed E-state index contributed by atoms with van der Waals surface area (Å²) in [5.74, 6) is 0.343. The highest BCUT2D eigenvalue weighted by Gasteiger charge is 2.23. The number of carbonyl (C=O) groups excluding carboxylic acids is 1. The van der Waals surface area contributed by atoms with Gasteiger partial charge in [-0.1, -0.05) is 37.6 Å². The molecule has 0 radical (unpaired) electrons. The standard InChI is InChI=1S/C24H32ClN3O4S/c1-17(2)15-26-33(30,31)20-8-9-23(21(25)14-20)32-16-24(29)28-12-10-27(11-13-28)22-7-5-6-18(3)19(22)4/h5-9,14,17,26H,10-13,15-16H2,1-4H3. The first kappa shape index (κ1) is 25.3. The van der Waals surface area contributed by atoms with E-state index < -0.39 is 10.0 Å². The number of nitrogens with zero attached hydrogens (tertiary/aromatic N) is 2. The van der Waals surface area contributed by atoms with E-state index in [4.69, 9.17) is 16.3 Å². The highest BCUT2D eigenvalue weighted by molar-refractivity contribution is 7.89. The van der Waals surface area contributed by atoms with Crippen LogP contribution in [0.5, 0.6) is 5.75 Å². The van der Waals surface area contributed by atoms with Gasteiger partial charge in [-0.25, -0.2) is 13.1 Å². The fraction of sp³-hybridized carbons (Fsp3) is 0.458. The minimum atomic E-state index is -3.65. The van der Waals surface area contributed by atoms with Gasteiger partial charge in [0.15, 0.2) is 6.61 Å². The normalized spacial score (nSPS) is 14.6. The number of sulfonamides is 1. The Hall–Kier alpha value is -2.29. The number of aryl methyl sites for hydroxylation is 1. The fourth-order valence-electron chi connectivity index (χ4n) is 3.63. The number of hydrogen-bond acceptors (Lipinski definition) is 5. The number of anilines is 1. The molecule has 7 nitrogen and oxygen atoms in total. The summed E-state index contributed by atoms with van der Waals surface area (Å²) < 4.78 is 32.9. The zero-order chi connectivity index (χ0) is 24.2. The van der Waals surface area contributed by atoms with Crippen LogP contribution in [-0.4, -0.2) is 58.6 Å². The molecule has 0 aliphatic carbocycles. The molecule has 1 aliphatic heterocycles. The number of nitrogens with one attached hydrogen (secondary N) is 1. The Morgan fingerprint density at radius 3 is 2.45 bits per heavy atom. The largest absolute Gasteiger partial charge is 0.482 e. The van der Waals surface area contributed by atoms with Gasteiger partial charge in [0.2, 0.25) is 10.0 Å². The molecule has 0 unspecified atom stereocenters. The summed E-state index contributed by atoms with van der Waals surface area (Å²) in [5.41, 5.74) is 3.73. The fourth-order valence-corrected chi connectivity index (χ4v) is 5.17. The predicted molar refractivity (Wildman–Crippen MR) is 132 cm³/mol. The maximum absolute atomic E-state index is 12.7. The number of hydrogen-bond donors (Lipinski definition) is 1. The molecule has 2 aromatic rings. The van der Waals surface area contributed by atoms with E-state index in [1.54, 1.807) is 4.90 Å². The topological polar surface area (TPSA) is 79.0 Å². The second kappa shape index (κ2) is 10.8. The van der Waals surface area contributed by atoms with Crippen LogP contribution < -0.4 is 14.4 Å². The molecular formula is C24H32ClN3O4S. The lowest BCUT2D eigenvalue weighted by atomic mass is 10.1. The maximum Gasteiger partial charge on any atom is 0.260 e. The molecule has 2 aromatic carbocycles. The Kier molecular flexibility index (Phi) is 8.26. The second-order valence-corrected chi connectivity index (χ2v) is 10.9. The summed E-state index contributed by atoms with van der Waals surface area (Å²) in [7, 11) is -3.65. The van der Waals surface area contributed by atoms with Gasteiger partial charge in [-0.2, -0.15) is 0 Å². The average Bonchev–Trinajstić information content (AvgIpc) is 2.78. The Morgan fingerprint density at radius 2 is 1.82 bits per heavy atom. The number of halogens is 1. The van der Waals surface area contributed by atoms with Crippen LogP contribution in [0.2, 0.25) is 5.02 Å². The van der Waals surface area contributed by atoms with Crippen molar-refractivity contribution in [3.63, 3.8) is 0 Å². The highest BCUT2D eigenvalue weighted by Crippen LogP contribution is 2.28. The lowest BCUT2D eigenvalue weighted by Crippen LogP contribution is -2.50. The third-order valence-electron chi connectivity index (χ3n) is 5.80. The first-order valence-electron chi connectivity index (χ1n) is 11.1. The first-order valence-corrected chi connectivity index (χ1v) is 13.0. The van der Waals surface area contributed by atoms with E-state index in [0.717, 1.165) is 13.1 Å². The summed E-state index contributed by atoms with van der Waals surface area (Å²) in [6.45, 7) is 11.0. The van der Waals surface area contributed by atoms with Gasteiger partial charge < -0.3 is 14.5 Å². The molecule has 0 saturated carbocycles. The number of piperazine rings is 1. The minimum absolute atomic E-state index is 0.0643. The van der Waals surface area contributed by atoms with Gasteiger partial charge in [0.25, 0.3) is 5.91 Å². The van der Waals surface area contributed by atoms with Crippen molar-refractivity contribution in [1.82, 2.24) is 9.62 Å². The molecule has 180 valence electrons. The van der Waals surface area contributed by atoms with E-state index in [-0.39, 0.29) is 34.1 Å². The smallest absolute Gasteiger partial charge is 0.260 e. The van der Waals surface area contributed by atoms with E-state index in [1.165, 1.54) is 35.0 Å². The molecule has 0 atom stereocenters. The molecule has 33 heavy (non-hydrogen) atoms. The minimum Gasteiger partial charge on any atom is -0.482 e. The zero-order valence-electron chi connectivity index (χ0n) is 19.6. The molecule has 1 N–H and O–H groups in total. The van der Waals surface area contributed by atoms with E-state index >= 15 is 0 Å². The summed E-state index contributed by atoms with van der Waals surface area (Å²) in [6.07, 6.45) is 0. The predicted octanol–water partition coefficient (Wildman–Crippen LogP) is 3.62. The summed E-state index contributed by atoms with van der Waals surface area (Å²) in [4.78, 5) is 16.8. The van der Waals surface area contributed by atoms with Crippen molar-refractivity contribution in [2.24, 2.45) is 5.92 Å². The SMILES string of the molecule is Cc1cccc(N2CCN(C(=O)COc3ccc(S(=O)(=O)NCC(C)C)cc3Cl)CC2)c1C. The highest BCUT2D eigenvalue weighted by atomic mass is 35.5. The van der Waals surface area contributed by atoms with Crippen LogP contribution in [0.15, 0.2) is 41.3 Å². The molecule has 1 amide bonds. The Labute approximate surface area is 201 Å². The molecule has 1 aliphatic rings. The zero-order valence-corrected chi connectivity index (χ0v) is 21.2. The van der Waals surface area contributed by atoms with Crippen molar-refractivity contribution in [1.29, 1.82) is 0 Å². The molecule has 0 aromatic heterocycles. The number of amides is 1. The van der Waals surface area contributed by atoms with Crippen molar-refractivity contribution in [2.45, 2.75) is 32.6 Å². The molecule has 1 heterocycles. The van der Waals surface area contributed by atoms with E-state index in [1.807, 2.05) is 13.8 Å². The van der Waals surface area contributed by atoms with E-state index in [0.29, 0.717) is 19.6 Å². The van der Waals surface area contributed by atoms with Crippen LogP contribution in [0.25, 0.3) is 0 Å². The molecule has 0 bridgehead atoms. The van der Waals surface area contributed by atoms with Crippen molar-refractivity contribution in [3.8, 4) is 5.75 Å². The second-order valence-electron chi connectivity index (χ2n) is 8.71. The monoisotopic (exact) mass is 493 g/mol. The molecular weight excluding hydrogens is 462 g/mol. The average molecular weight is 494 g/mol. The van der Waals surface area contributed by atoms with Crippen molar-refractivity contribution in [3.05, 3.63) is 52.5 Å². The number of benzene rings is 2. The van der Waals surface area contributed by atoms with Crippen LogP contribution in [0.4, 0.5) is 5.69 Å². The van der Waals surface area contributed by atoms with Gasteiger partial charge in [0.1, 0.15) is 5.75 Å². The first-order chi connectivity index (χ1) is 15.6. The lowest BCUT2D eigenvalue weighted by molar-refractivity contribution is -0.133. The van der Waals surface area contributed by atoms with Gasteiger partial charge in [-0.05, 0) is 55.2 Å². The maximum atomic E-state index is 12.7. The summed E-state index contributed by atoms with van der Waals surface area (Å²) in [6, 6.07) is 10.5. The Bertz CT molecular complexity index is 1100. The van der Waals surface area contributed by atoms with Crippen LogP contribution in [0, 0.1) is 19.8 Å². The number of ether oxygens (including phenoxy) is 1. The van der Waals surface area contributed by atoms with E-state index in [9.17, 15) is 13.2 Å². The number of rotatable bonds is 8. The van der Waals surface area contributed by atoms with Crippen LogP contribution >= 0.6 is 11.6 Å². The van der Waals surface area contributed by atoms with Crippen LogP contribution in [0.3, 0.4) is 0 Å².